The summed E-state index contributed by atoms with van der Waals surface area (Å²) < 4.78 is 0. The van der Waals surface area contributed by atoms with Crippen molar-refractivity contribution in [3.05, 3.63) is 35.4 Å². The number of hydrogen-bond donors (Lipinski definition) is 1. The van der Waals surface area contributed by atoms with E-state index in [4.69, 9.17) is 0 Å². The summed E-state index contributed by atoms with van der Waals surface area (Å²) in [5.74, 6) is 0.780. The quantitative estimate of drug-likeness (QED) is 0.700. The lowest BCUT2D eigenvalue weighted by molar-refractivity contribution is 0.522. The second kappa shape index (κ2) is 5.32. The van der Waals surface area contributed by atoms with Crippen LogP contribution in [0.3, 0.4) is 0 Å². The van der Waals surface area contributed by atoms with E-state index in [0.29, 0.717) is 0 Å². The number of unbranched alkanes of at least 4 members (excludes halogenated alkanes) is 2. The summed E-state index contributed by atoms with van der Waals surface area (Å²) in [4.78, 5) is 0. The molecule has 0 aliphatic heterocycles. The largest absolute Gasteiger partial charge is 0.316 e. The van der Waals surface area contributed by atoms with Crippen molar-refractivity contribution in [2.75, 3.05) is 13.1 Å². The van der Waals surface area contributed by atoms with Gasteiger partial charge in [-0.05, 0) is 30.5 Å². The first kappa shape index (κ1) is 10.7. The third kappa shape index (κ3) is 2.60. The Morgan fingerprint density at radius 3 is 2.93 bits per heavy atom. The van der Waals surface area contributed by atoms with Crippen LogP contribution in [0.4, 0.5) is 0 Å². The Bertz CT molecular complexity index is 306. The molecule has 1 aromatic rings. The highest BCUT2D eigenvalue weighted by molar-refractivity contribution is 5.40. The zero-order chi connectivity index (χ0) is 10.5. The van der Waals surface area contributed by atoms with Gasteiger partial charge in [-0.25, -0.2) is 0 Å². The fourth-order valence-corrected chi connectivity index (χ4v) is 2.32. The zero-order valence-corrected chi connectivity index (χ0v) is 9.63. The average molecular weight is 203 g/mol. The van der Waals surface area contributed by atoms with E-state index in [0.717, 1.165) is 5.92 Å². The zero-order valence-electron chi connectivity index (χ0n) is 9.63. The van der Waals surface area contributed by atoms with Gasteiger partial charge in [0, 0.05) is 12.5 Å². The minimum atomic E-state index is 0.780. The topological polar surface area (TPSA) is 12.0 Å². The maximum absolute atomic E-state index is 3.56. The van der Waals surface area contributed by atoms with Crippen molar-refractivity contribution in [3.8, 4) is 0 Å². The molecule has 0 radical (unpaired) electrons. The predicted octanol–water partition coefficient (Wildman–Crippen LogP) is 3.11. The van der Waals surface area contributed by atoms with Crippen molar-refractivity contribution in [2.45, 2.75) is 38.5 Å². The molecule has 1 nitrogen and oxygen atoms in total. The maximum Gasteiger partial charge on any atom is 0.00234 e. The lowest BCUT2D eigenvalue weighted by Gasteiger charge is -2.30. The van der Waals surface area contributed by atoms with Gasteiger partial charge in [0.15, 0.2) is 0 Å². The fraction of sp³-hybridized carbons (Fsp3) is 0.571. The van der Waals surface area contributed by atoms with Gasteiger partial charge in [-0.2, -0.15) is 0 Å². The van der Waals surface area contributed by atoms with Crippen molar-refractivity contribution < 1.29 is 0 Å². The van der Waals surface area contributed by atoms with Crippen LogP contribution in [0.1, 0.15) is 43.2 Å². The molecule has 1 N–H and O–H groups in total. The van der Waals surface area contributed by atoms with Crippen LogP contribution in [0.5, 0.6) is 0 Å². The molecule has 0 heterocycles. The Morgan fingerprint density at radius 2 is 2.13 bits per heavy atom. The fourth-order valence-electron chi connectivity index (χ4n) is 2.32. The van der Waals surface area contributed by atoms with Gasteiger partial charge >= 0.3 is 0 Å². The van der Waals surface area contributed by atoms with Crippen LogP contribution in [0.25, 0.3) is 0 Å². The number of benzene rings is 1. The molecule has 15 heavy (non-hydrogen) atoms. The summed E-state index contributed by atoms with van der Waals surface area (Å²) in [6.07, 6.45) is 5.27. The number of hydrogen-bond acceptors (Lipinski definition) is 1. The molecule has 1 atom stereocenters. The number of nitrogens with one attached hydrogen (secondary N) is 1. The average Bonchev–Trinajstić information content (AvgIpc) is 2.24. The van der Waals surface area contributed by atoms with Crippen LogP contribution in [0.2, 0.25) is 0 Å². The number of fused-ring (bicyclic) bond motifs is 1. The van der Waals surface area contributed by atoms with Gasteiger partial charge < -0.3 is 5.32 Å². The third-order valence-electron chi connectivity index (χ3n) is 3.31. The molecule has 0 saturated carbocycles. The molecule has 1 unspecified atom stereocenters. The lowest BCUT2D eigenvalue weighted by Crippen LogP contribution is -2.29. The molecule has 82 valence electrons. The molecule has 1 heteroatoms. The lowest BCUT2D eigenvalue weighted by atomic mass is 9.77. The summed E-state index contributed by atoms with van der Waals surface area (Å²) in [6.45, 7) is 4.61. The smallest absolute Gasteiger partial charge is 0.00234 e. The molecule has 0 spiro atoms. The van der Waals surface area contributed by atoms with Gasteiger partial charge in [-0.3, -0.25) is 0 Å². The minimum Gasteiger partial charge on any atom is -0.316 e. The van der Waals surface area contributed by atoms with E-state index in [1.807, 2.05) is 0 Å². The Kier molecular flexibility index (Phi) is 3.79. The van der Waals surface area contributed by atoms with Crippen LogP contribution >= 0.6 is 0 Å². The Labute approximate surface area is 92.9 Å². The summed E-state index contributed by atoms with van der Waals surface area (Å²) in [5.41, 5.74) is 3.12. The van der Waals surface area contributed by atoms with Crippen molar-refractivity contribution in [1.82, 2.24) is 5.32 Å². The predicted molar refractivity (Wildman–Crippen MR) is 65.3 cm³/mol. The van der Waals surface area contributed by atoms with E-state index in [1.165, 1.54) is 38.8 Å². The third-order valence-corrected chi connectivity index (χ3v) is 3.31. The highest BCUT2D eigenvalue weighted by Gasteiger charge is 2.24. The van der Waals surface area contributed by atoms with E-state index in [2.05, 4.69) is 36.5 Å². The Hall–Kier alpha value is -0.820. The summed E-state index contributed by atoms with van der Waals surface area (Å²) in [5, 5.41) is 3.56. The standard InChI is InChI=1S/C14H21N/c1-2-3-6-9-15-11-13-10-12-7-4-5-8-14(12)13/h4-5,7-8,13,15H,2-3,6,9-11H2,1H3. The van der Waals surface area contributed by atoms with Crippen molar-refractivity contribution >= 4 is 0 Å². The molecular weight excluding hydrogens is 182 g/mol. The highest BCUT2D eigenvalue weighted by Crippen LogP contribution is 2.33. The SMILES string of the molecule is CCCCCNCC1Cc2ccccc21. The van der Waals surface area contributed by atoms with E-state index in [9.17, 15) is 0 Å². The van der Waals surface area contributed by atoms with Crippen molar-refractivity contribution in [1.29, 1.82) is 0 Å². The van der Waals surface area contributed by atoms with Crippen LogP contribution in [-0.2, 0) is 6.42 Å². The van der Waals surface area contributed by atoms with E-state index < -0.39 is 0 Å². The van der Waals surface area contributed by atoms with Gasteiger partial charge in [0.05, 0.1) is 0 Å². The second-order valence-electron chi connectivity index (χ2n) is 4.51. The van der Waals surface area contributed by atoms with Gasteiger partial charge in [0.1, 0.15) is 0 Å². The first-order chi connectivity index (χ1) is 7.42. The first-order valence-electron chi connectivity index (χ1n) is 6.20. The summed E-state index contributed by atoms with van der Waals surface area (Å²) in [6, 6.07) is 8.83. The Morgan fingerprint density at radius 1 is 1.27 bits per heavy atom. The van der Waals surface area contributed by atoms with Crippen LogP contribution in [0.15, 0.2) is 24.3 Å². The van der Waals surface area contributed by atoms with Crippen LogP contribution < -0.4 is 5.32 Å². The van der Waals surface area contributed by atoms with Crippen molar-refractivity contribution in [2.24, 2.45) is 0 Å². The van der Waals surface area contributed by atoms with Crippen LogP contribution in [-0.4, -0.2) is 13.1 Å². The molecule has 1 aromatic carbocycles. The minimum absolute atomic E-state index is 0.780. The van der Waals surface area contributed by atoms with E-state index >= 15 is 0 Å². The second-order valence-corrected chi connectivity index (χ2v) is 4.51. The number of rotatable bonds is 6. The molecule has 0 bridgehead atoms. The summed E-state index contributed by atoms with van der Waals surface area (Å²) in [7, 11) is 0. The molecule has 0 aromatic heterocycles. The maximum atomic E-state index is 3.56. The van der Waals surface area contributed by atoms with Gasteiger partial charge in [0.25, 0.3) is 0 Å². The monoisotopic (exact) mass is 203 g/mol. The Balaban J connectivity index is 1.67. The van der Waals surface area contributed by atoms with Gasteiger partial charge in [-0.15, -0.1) is 0 Å². The molecular formula is C14H21N. The first-order valence-corrected chi connectivity index (χ1v) is 6.20. The van der Waals surface area contributed by atoms with Gasteiger partial charge in [-0.1, -0.05) is 44.0 Å². The molecule has 0 amide bonds. The van der Waals surface area contributed by atoms with E-state index in [1.54, 1.807) is 11.1 Å². The normalized spacial score (nSPS) is 18.3. The summed E-state index contributed by atoms with van der Waals surface area (Å²) >= 11 is 0. The van der Waals surface area contributed by atoms with Crippen molar-refractivity contribution in [3.63, 3.8) is 0 Å². The molecule has 1 aliphatic carbocycles. The molecule has 1 aliphatic rings. The molecule has 2 rings (SSSR count). The van der Waals surface area contributed by atoms with Gasteiger partial charge in [0.2, 0.25) is 0 Å². The van der Waals surface area contributed by atoms with Crippen LogP contribution in [0, 0.1) is 0 Å². The molecule has 0 saturated heterocycles. The highest BCUT2D eigenvalue weighted by atomic mass is 14.9. The van der Waals surface area contributed by atoms with E-state index in [-0.39, 0.29) is 0 Å². The molecule has 0 fully saturated rings.